The number of rotatable bonds is 1. The number of fused-ring (bicyclic) bond motifs is 3. The fourth-order valence-electron chi connectivity index (χ4n) is 4.21. The first-order chi connectivity index (χ1) is 11.8. The summed E-state index contributed by atoms with van der Waals surface area (Å²) in [7, 11) is 0. The van der Waals surface area contributed by atoms with Gasteiger partial charge in [-0.1, -0.05) is 12.1 Å². The van der Waals surface area contributed by atoms with Crippen LogP contribution in [0.1, 0.15) is 36.8 Å². The highest BCUT2D eigenvalue weighted by atomic mass is 19.3. The molecule has 132 valence electrons. The molecule has 1 N–H and O–H groups in total. The maximum atomic E-state index is 14.7. The van der Waals surface area contributed by atoms with Gasteiger partial charge in [-0.05, 0) is 42.7 Å². The second-order valence-electron chi connectivity index (χ2n) is 6.77. The molecule has 1 aliphatic carbocycles. The van der Waals surface area contributed by atoms with E-state index in [1.165, 1.54) is 24.3 Å². The minimum atomic E-state index is -2.93. The van der Waals surface area contributed by atoms with Crippen molar-refractivity contribution in [2.75, 3.05) is 0 Å². The van der Waals surface area contributed by atoms with E-state index in [4.69, 9.17) is 4.74 Å². The van der Waals surface area contributed by atoms with Gasteiger partial charge in [0.15, 0.2) is 11.6 Å². The van der Waals surface area contributed by atoms with Crippen LogP contribution in [0.15, 0.2) is 36.4 Å². The number of hydrogen-bond acceptors (Lipinski definition) is 2. The maximum Gasteiger partial charge on any atom is 0.251 e. The third-order valence-electron chi connectivity index (χ3n) is 5.30. The van der Waals surface area contributed by atoms with Crippen molar-refractivity contribution in [1.29, 1.82) is 0 Å². The lowest BCUT2D eigenvalue weighted by atomic mass is 9.68. The summed E-state index contributed by atoms with van der Waals surface area (Å²) in [4.78, 5) is 0. The van der Waals surface area contributed by atoms with Gasteiger partial charge in [0.05, 0.1) is 5.41 Å². The molecule has 2 aromatic carbocycles. The van der Waals surface area contributed by atoms with Gasteiger partial charge in [0.25, 0.3) is 5.92 Å². The summed E-state index contributed by atoms with van der Waals surface area (Å²) in [5.41, 5.74) is -0.660. The summed E-state index contributed by atoms with van der Waals surface area (Å²) < 4.78 is 62.7. The van der Waals surface area contributed by atoms with Gasteiger partial charge in [0.1, 0.15) is 17.7 Å². The molecule has 0 bridgehead atoms. The molecular weight excluding hydrogens is 336 g/mol. The number of phenolic OH excluding ortho intramolecular Hbond substituents is 1. The van der Waals surface area contributed by atoms with Crippen molar-refractivity contribution in [1.82, 2.24) is 0 Å². The van der Waals surface area contributed by atoms with Gasteiger partial charge in [0.2, 0.25) is 0 Å². The number of aromatic hydroxyl groups is 1. The highest BCUT2D eigenvalue weighted by molar-refractivity contribution is 5.54. The van der Waals surface area contributed by atoms with Crippen LogP contribution in [0, 0.1) is 11.6 Å². The van der Waals surface area contributed by atoms with Gasteiger partial charge < -0.3 is 9.84 Å². The Kier molecular flexibility index (Phi) is 3.49. The number of benzene rings is 2. The number of phenols is 1. The Morgan fingerprint density at radius 1 is 1.04 bits per heavy atom. The molecule has 4 rings (SSSR count). The fourth-order valence-corrected chi connectivity index (χ4v) is 4.21. The van der Waals surface area contributed by atoms with Crippen molar-refractivity contribution in [2.24, 2.45) is 0 Å². The van der Waals surface area contributed by atoms with Gasteiger partial charge >= 0.3 is 0 Å². The lowest BCUT2D eigenvalue weighted by Gasteiger charge is -2.34. The standard InChI is InChI=1S/C19H16F4O2/c20-12-3-1-4-15-17(12)19(11-5-6-14(24)13(21)9-11)8-2-7-18(22,23)10-16(19)25-15/h1,3-6,9,16,24H,2,7-8,10H2. The largest absolute Gasteiger partial charge is 0.505 e. The van der Waals surface area contributed by atoms with E-state index in [1.807, 2.05) is 0 Å². The molecular formula is C19H16F4O2. The molecule has 2 aromatic rings. The zero-order chi connectivity index (χ0) is 17.8. The van der Waals surface area contributed by atoms with Crippen LogP contribution >= 0.6 is 0 Å². The maximum absolute atomic E-state index is 14.7. The van der Waals surface area contributed by atoms with Crippen molar-refractivity contribution in [3.8, 4) is 11.5 Å². The Hall–Kier alpha value is -2.24. The van der Waals surface area contributed by atoms with Gasteiger partial charge in [-0.2, -0.15) is 0 Å². The van der Waals surface area contributed by atoms with E-state index in [0.29, 0.717) is 5.56 Å². The number of hydrogen-bond donors (Lipinski definition) is 1. The normalized spacial score (nSPS) is 27.1. The SMILES string of the molecule is Oc1ccc(C23CCCC(F)(F)CC2Oc2cccc(F)c23)cc1F. The number of ether oxygens (including phenoxy) is 1. The van der Waals surface area contributed by atoms with Crippen molar-refractivity contribution >= 4 is 0 Å². The van der Waals surface area contributed by atoms with E-state index in [9.17, 15) is 22.7 Å². The third kappa shape index (κ3) is 2.38. The molecule has 6 heteroatoms. The second-order valence-corrected chi connectivity index (χ2v) is 6.77. The molecule has 0 aromatic heterocycles. The summed E-state index contributed by atoms with van der Waals surface area (Å²) in [5.74, 6) is -4.68. The van der Waals surface area contributed by atoms with E-state index in [2.05, 4.69) is 0 Å². The van der Waals surface area contributed by atoms with E-state index in [0.717, 1.165) is 6.07 Å². The Morgan fingerprint density at radius 2 is 1.84 bits per heavy atom. The summed E-state index contributed by atoms with van der Waals surface area (Å²) in [5, 5.41) is 9.47. The van der Waals surface area contributed by atoms with E-state index in [-0.39, 0.29) is 30.6 Å². The zero-order valence-corrected chi connectivity index (χ0v) is 13.2. The van der Waals surface area contributed by atoms with Crippen molar-refractivity contribution in [3.05, 3.63) is 59.2 Å². The third-order valence-corrected chi connectivity index (χ3v) is 5.30. The molecule has 0 radical (unpaired) electrons. The predicted molar refractivity (Wildman–Crippen MR) is 83.1 cm³/mol. The minimum absolute atomic E-state index is 0.156. The van der Waals surface area contributed by atoms with Crippen LogP contribution in [-0.2, 0) is 5.41 Å². The number of alkyl halides is 2. The van der Waals surface area contributed by atoms with Crippen molar-refractivity contribution in [3.63, 3.8) is 0 Å². The molecule has 1 fully saturated rings. The number of halogens is 4. The molecule has 2 atom stereocenters. The first kappa shape index (κ1) is 16.2. The van der Waals surface area contributed by atoms with Gasteiger partial charge in [0, 0.05) is 18.4 Å². The minimum Gasteiger partial charge on any atom is -0.505 e. The molecule has 0 amide bonds. The predicted octanol–water partition coefficient (Wildman–Crippen LogP) is 4.93. The van der Waals surface area contributed by atoms with E-state index < -0.39 is 41.2 Å². The highest BCUT2D eigenvalue weighted by Gasteiger charge is 2.56. The smallest absolute Gasteiger partial charge is 0.251 e. The Labute approximate surface area is 142 Å². The first-order valence-corrected chi connectivity index (χ1v) is 8.16. The fraction of sp³-hybridized carbons (Fsp3) is 0.368. The van der Waals surface area contributed by atoms with Crippen molar-refractivity contribution in [2.45, 2.75) is 43.1 Å². The Morgan fingerprint density at radius 3 is 2.60 bits per heavy atom. The molecule has 0 saturated heterocycles. The van der Waals surface area contributed by atoms with Crippen molar-refractivity contribution < 1.29 is 27.4 Å². The van der Waals surface area contributed by atoms with Gasteiger partial charge in [-0.3, -0.25) is 0 Å². The Bertz CT molecular complexity index is 836. The van der Waals surface area contributed by atoms with E-state index in [1.54, 1.807) is 6.07 Å². The molecule has 1 heterocycles. The van der Waals surface area contributed by atoms with E-state index >= 15 is 0 Å². The molecule has 2 aliphatic rings. The quantitative estimate of drug-likeness (QED) is 0.738. The topological polar surface area (TPSA) is 29.5 Å². The molecule has 0 spiro atoms. The zero-order valence-electron chi connectivity index (χ0n) is 13.2. The summed E-state index contributed by atoms with van der Waals surface area (Å²) in [6.07, 6.45) is -1.52. The van der Waals surface area contributed by atoms with Crippen LogP contribution in [0.25, 0.3) is 0 Å². The van der Waals surface area contributed by atoms with Crippen LogP contribution in [-0.4, -0.2) is 17.1 Å². The van der Waals surface area contributed by atoms with Gasteiger partial charge in [-0.25, -0.2) is 17.6 Å². The lowest BCUT2D eigenvalue weighted by Crippen LogP contribution is -2.41. The van der Waals surface area contributed by atoms with Crippen LogP contribution in [0.4, 0.5) is 17.6 Å². The average Bonchev–Trinajstić information content (AvgIpc) is 2.77. The molecule has 25 heavy (non-hydrogen) atoms. The Balaban J connectivity index is 1.97. The van der Waals surface area contributed by atoms with Gasteiger partial charge in [-0.15, -0.1) is 0 Å². The average molecular weight is 352 g/mol. The van der Waals surface area contributed by atoms with Crippen LogP contribution < -0.4 is 4.74 Å². The van der Waals surface area contributed by atoms with Crippen LogP contribution in [0.2, 0.25) is 0 Å². The second kappa shape index (κ2) is 5.38. The first-order valence-electron chi connectivity index (χ1n) is 8.16. The summed E-state index contributed by atoms with van der Waals surface area (Å²) in [6.45, 7) is 0. The molecule has 1 saturated carbocycles. The molecule has 1 aliphatic heterocycles. The molecule has 2 unspecified atom stereocenters. The van der Waals surface area contributed by atoms with Crippen LogP contribution in [0.3, 0.4) is 0 Å². The summed E-state index contributed by atoms with van der Waals surface area (Å²) in [6, 6.07) is 7.98. The lowest BCUT2D eigenvalue weighted by molar-refractivity contribution is -0.0402. The molecule has 2 nitrogen and oxygen atoms in total. The van der Waals surface area contributed by atoms with Crippen LogP contribution in [0.5, 0.6) is 11.5 Å². The summed E-state index contributed by atoms with van der Waals surface area (Å²) >= 11 is 0. The highest BCUT2D eigenvalue weighted by Crippen LogP contribution is 2.56. The monoisotopic (exact) mass is 352 g/mol.